The molecule has 0 aromatic rings. The van der Waals surface area contributed by atoms with Gasteiger partial charge in [0.05, 0.1) is 18.3 Å². The molecule has 0 spiro atoms. The molecule has 1 saturated heterocycles. The van der Waals surface area contributed by atoms with Crippen molar-refractivity contribution in [1.82, 2.24) is 0 Å². The molecule has 0 aromatic carbocycles. The Labute approximate surface area is 55.8 Å². The number of aliphatic hydroxyl groups excluding tert-OH is 1. The summed E-state index contributed by atoms with van der Waals surface area (Å²) >= 11 is 0. The first kappa shape index (κ1) is 7.03. The number of aliphatic hydroxyl groups is 1. The van der Waals surface area contributed by atoms with E-state index in [1.807, 2.05) is 13.8 Å². The zero-order valence-corrected chi connectivity index (χ0v) is 6.00. The topological polar surface area (TPSA) is 29.5 Å². The van der Waals surface area contributed by atoms with E-state index in [0.717, 1.165) is 12.8 Å². The zero-order chi connectivity index (χ0) is 6.85. The van der Waals surface area contributed by atoms with Crippen LogP contribution in [-0.4, -0.2) is 23.4 Å². The van der Waals surface area contributed by atoms with Gasteiger partial charge >= 0.3 is 0 Å². The minimum Gasteiger partial charge on any atom is -0.390 e. The average molecular weight is 130 g/mol. The van der Waals surface area contributed by atoms with E-state index in [4.69, 9.17) is 4.74 Å². The van der Waals surface area contributed by atoms with Gasteiger partial charge in [0.1, 0.15) is 0 Å². The molecule has 0 saturated carbocycles. The summed E-state index contributed by atoms with van der Waals surface area (Å²) in [5.74, 6) is 0. The fourth-order valence-electron chi connectivity index (χ4n) is 1.30. The normalized spacial score (nSPS) is 43.7. The molecule has 2 nitrogen and oxygen atoms in total. The SMILES string of the molecule is CC[C@H]1O[C@@H](C)C[C@H]1O. The first-order valence-electron chi connectivity index (χ1n) is 3.57. The number of rotatable bonds is 1. The van der Waals surface area contributed by atoms with E-state index in [9.17, 15) is 5.11 Å². The monoisotopic (exact) mass is 130 g/mol. The summed E-state index contributed by atoms with van der Waals surface area (Å²) in [6.07, 6.45) is 1.86. The van der Waals surface area contributed by atoms with Gasteiger partial charge in [-0.15, -0.1) is 0 Å². The van der Waals surface area contributed by atoms with Gasteiger partial charge in [-0.05, 0) is 13.3 Å². The maximum absolute atomic E-state index is 9.23. The molecule has 9 heavy (non-hydrogen) atoms. The lowest BCUT2D eigenvalue weighted by molar-refractivity contribution is 0.0144. The van der Waals surface area contributed by atoms with E-state index in [1.54, 1.807) is 0 Å². The van der Waals surface area contributed by atoms with Crippen molar-refractivity contribution in [3.8, 4) is 0 Å². The van der Waals surface area contributed by atoms with Crippen molar-refractivity contribution in [2.24, 2.45) is 0 Å². The van der Waals surface area contributed by atoms with Crippen molar-refractivity contribution >= 4 is 0 Å². The maximum Gasteiger partial charge on any atom is 0.0835 e. The summed E-state index contributed by atoms with van der Waals surface area (Å²) in [5.41, 5.74) is 0. The summed E-state index contributed by atoms with van der Waals surface area (Å²) in [6.45, 7) is 4.03. The minimum absolute atomic E-state index is 0.0972. The van der Waals surface area contributed by atoms with Crippen LogP contribution in [0.3, 0.4) is 0 Å². The Balaban J connectivity index is 2.38. The number of hydrogen-bond donors (Lipinski definition) is 1. The molecule has 1 heterocycles. The van der Waals surface area contributed by atoms with Gasteiger partial charge in [-0.1, -0.05) is 6.92 Å². The van der Waals surface area contributed by atoms with E-state index in [0.29, 0.717) is 0 Å². The largest absolute Gasteiger partial charge is 0.390 e. The molecule has 1 aliphatic heterocycles. The quantitative estimate of drug-likeness (QED) is 0.572. The van der Waals surface area contributed by atoms with Crippen LogP contribution in [0, 0.1) is 0 Å². The third kappa shape index (κ3) is 1.43. The highest BCUT2D eigenvalue weighted by Crippen LogP contribution is 2.21. The van der Waals surface area contributed by atoms with Gasteiger partial charge in [-0.2, -0.15) is 0 Å². The summed E-state index contributed by atoms with van der Waals surface area (Å²) in [6, 6.07) is 0. The molecule has 54 valence electrons. The van der Waals surface area contributed by atoms with Crippen LogP contribution in [0.5, 0.6) is 0 Å². The minimum atomic E-state index is -0.218. The van der Waals surface area contributed by atoms with Crippen LogP contribution in [0.15, 0.2) is 0 Å². The fraction of sp³-hybridized carbons (Fsp3) is 1.00. The standard InChI is InChI=1S/C7H14O2/c1-3-7-6(8)4-5(2)9-7/h5-8H,3-4H2,1-2H3/t5-,6+,7+/m0/s1. The van der Waals surface area contributed by atoms with Crippen LogP contribution in [0.25, 0.3) is 0 Å². The average Bonchev–Trinajstić information content (AvgIpc) is 2.10. The molecule has 1 rings (SSSR count). The Morgan fingerprint density at radius 1 is 1.67 bits per heavy atom. The van der Waals surface area contributed by atoms with E-state index >= 15 is 0 Å². The van der Waals surface area contributed by atoms with Gasteiger partial charge in [0, 0.05) is 6.42 Å². The molecular formula is C7H14O2. The molecule has 0 aromatic heterocycles. The van der Waals surface area contributed by atoms with Crippen molar-refractivity contribution in [2.75, 3.05) is 0 Å². The molecule has 3 atom stereocenters. The molecule has 0 unspecified atom stereocenters. The maximum atomic E-state index is 9.23. The van der Waals surface area contributed by atoms with Crippen LogP contribution in [0.4, 0.5) is 0 Å². The van der Waals surface area contributed by atoms with Crippen molar-refractivity contribution in [3.05, 3.63) is 0 Å². The van der Waals surface area contributed by atoms with Crippen molar-refractivity contribution in [3.63, 3.8) is 0 Å². The lowest BCUT2D eigenvalue weighted by Gasteiger charge is -2.09. The van der Waals surface area contributed by atoms with Crippen LogP contribution < -0.4 is 0 Å². The van der Waals surface area contributed by atoms with E-state index < -0.39 is 0 Å². The van der Waals surface area contributed by atoms with E-state index in [2.05, 4.69) is 0 Å². The lowest BCUT2D eigenvalue weighted by Crippen LogP contribution is -2.18. The molecule has 1 N–H and O–H groups in total. The molecule has 0 bridgehead atoms. The second-order valence-electron chi connectivity index (χ2n) is 2.70. The third-order valence-electron chi connectivity index (χ3n) is 1.81. The Morgan fingerprint density at radius 3 is 2.56 bits per heavy atom. The Kier molecular flexibility index (Phi) is 2.09. The van der Waals surface area contributed by atoms with E-state index in [1.165, 1.54) is 0 Å². The number of ether oxygens (including phenoxy) is 1. The third-order valence-corrected chi connectivity index (χ3v) is 1.81. The van der Waals surface area contributed by atoms with E-state index in [-0.39, 0.29) is 18.3 Å². The van der Waals surface area contributed by atoms with Gasteiger partial charge in [0.2, 0.25) is 0 Å². The highest BCUT2D eigenvalue weighted by molar-refractivity contribution is 4.78. The molecule has 0 radical (unpaired) electrons. The predicted octanol–water partition coefficient (Wildman–Crippen LogP) is 0.935. The molecule has 1 fully saturated rings. The summed E-state index contributed by atoms with van der Waals surface area (Å²) in [4.78, 5) is 0. The molecular weight excluding hydrogens is 116 g/mol. The summed E-state index contributed by atoms with van der Waals surface area (Å²) in [7, 11) is 0. The van der Waals surface area contributed by atoms with Crippen molar-refractivity contribution in [1.29, 1.82) is 0 Å². The van der Waals surface area contributed by atoms with Gasteiger partial charge in [-0.25, -0.2) is 0 Å². The highest BCUT2D eigenvalue weighted by atomic mass is 16.5. The van der Waals surface area contributed by atoms with Crippen LogP contribution in [-0.2, 0) is 4.74 Å². The Hall–Kier alpha value is -0.0800. The Morgan fingerprint density at radius 2 is 2.33 bits per heavy atom. The fourth-order valence-corrected chi connectivity index (χ4v) is 1.30. The number of hydrogen-bond acceptors (Lipinski definition) is 2. The van der Waals surface area contributed by atoms with Crippen LogP contribution in [0.1, 0.15) is 26.7 Å². The molecule has 0 amide bonds. The van der Waals surface area contributed by atoms with Gasteiger partial charge < -0.3 is 9.84 Å². The summed E-state index contributed by atoms with van der Waals surface area (Å²) in [5, 5.41) is 9.23. The summed E-state index contributed by atoms with van der Waals surface area (Å²) < 4.78 is 5.37. The van der Waals surface area contributed by atoms with Crippen LogP contribution >= 0.6 is 0 Å². The first-order valence-corrected chi connectivity index (χ1v) is 3.57. The van der Waals surface area contributed by atoms with Crippen LogP contribution in [0.2, 0.25) is 0 Å². The molecule has 1 aliphatic rings. The van der Waals surface area contributed by atoms with Gasteiger partial charge in [-0.3, -0.25) is 0 Å². The first-order chi connectivity index (χ1) is 4.24. The predicted molar refractivity (Wildman–Crippen MR) is 35.2 cm³/mol. The smallest absolute Gasteiger partial charge is 0.0835 e. The zero-order valence-electron chi connectivity index (χ0n) is 6.00. The Bertz CT molecular complexity index is 92.9. The highest BCUT2D eigenvalue weighted by Gasteiger charge is 2.29. The molecule has 0 aliphatic carbocycles. The second kappa shape index (κ2) is 2.67. The van der Waals surface area contributed by atoms with Crippen molar-refractivity contribution < 1.29 is 9.84 Å². The lowest BCUT2D eigenvalue weighted by atomic mass is 10.1. The van der Waals surface area contributed by atoms with Gasteiger partial charge in [0.25, 0.3) is 0 Å². The molecule has 2 heteroatoms. The van der Waals surface area contributed by atoms with Crippen molar-refractivity contribution in [2.45, 2.75) is 45.0 Å². The van der Waals surface area contributed by atoms with Gasteiger partial charge in [0.15, 0.2) is 0 Å². The second-order valence-corrected chi connectivity index (χ2v) is 2.70.